The number of methoxy groups -OCH3 is 1. The van der Waals surface area contributed by atoms with E-state index < -0.39 is 17.8 Å². The quantitative estimate of drug-likeness (QED) is 0.347. The van der Waals surface area contributed by atoms with Gasteiger partial charge in [0.1, 0.15) is 12.2 Å². The van der Waals surface area contributed by atoms with E-state index >= 15 is 0 Å². The van der Waals surface area contributed by atoms with Crippen molar-refractivity contribution in [1.29, 1.82) is 0 Å². The van der Waals surface area contributed by atoms with Gasteiger partial charge in [-0.2, -0.15) is 0 Å². The largest absolute Gasteiger partial charge is 0.493 e. The van der Waals surface area contributed by atoms with Gasteiger partial charge in [-0.3, -0.25) is 14.9 Å². The second-order valence-corrected chi connectivity index (χ2v) is 8.77. The molecule has 4 amide bonds. The van der Waals surface area contributed by atoms with Gasteiger partial charge in [-0.1, -0.05) is 35.3 Å². The van der Waals surface area contributed by atoms with Crippen LogP contribution in [0.2, 0.25) is 10.0 Å². The maximum Gasteiger partial charge on any atom is 0.335 e. The van der Waals surface area contributed by atoms with Gasteiger partial charge in [-0.05, 0) is 48.0 Å². The highest BCUT2D eigenvalue weighted by Gasteiger charge is 2.37. The number of nitrogens with zero attached hydrogens (tertiary/aromatic N) is 1. The molecule has 9 nitrogen and oxygen atoms in total. The van der Waals surface area contributed by atoms with E-state index in [0.717, 1.165) is 10.5 Å². The summed E-state index contributed by atoms with van der Waals surface area (Å²) in [5, 5.41) is 3.18. The third-order valence-corrected chi connectivity index (χ3v) is 6.20. The Morgan fingerprint density at radius 2 is 1.78 bits per heavy atom. The number of anilines is 1. The summed E-state index contributed by atoms with van der Waals surface area (Å²) in [5.41, 5.74) is 1.21. The summed E-state index contributed by atoms with van der Waals surface area (Å²) in [6, 6.07) is 13.7. The lowest BCUT2D eigenvalue weighted by Crippen LogP contribution is -2.54. The van der Waals surface area contributed by atoms with E-state index in [0.29, 0.717) is 38.6 Å². The van der Waals surface area contributed by atoms with E-state index in [-0.39, 0.29) is 24.7 Å². The fourth-order valence-electron chi connectivity index (χ4n) is 3.77. The average molecular weight is 541 g/mol. The predicted molar refractivity (Wildman–Crippen MR) is 135 cm³/mol. The number of hydrogen-bond donors (Lipinski definition) is 1. The first-order valence-corrected chi connectivity index (χ1v) is 11.7. The lowest BCUT2D eigenvalue weighted by molar-refractivity contribution is -0.122. The third kappa shape index (κ3) is 4.91. The Labute approximate surface area is 221 Å². The van der Waals surface area contributed by atoms with E-state index in [1.54, 1.807) is 42.5 Å². The molecule has 0 aromatic heterocycles. The number of benzene rings is 3. The number of amides is 4. The zero-order chi connectivity index (χ0) is 26.1. The molecule has 0 atom stereocenters. The van der Waals surface area contributed by atoms with Gasteiger partial charge in [0.25, 0.3) is 11.8 Å². The van der Waals surface area contributed by atoms with Crippen LogP contribution in [-0.2, 0) is 16.2 Å². The molecule has 188 valence electrons. The van der Waals surface area contributed by atoms with Crippen molar-refractivity contribution in [2.24, 2.45) is 0 Å². The fraction of sp³-hybridized carbons (Fsp3) is 0.115. The predicted octanol–water partition coefficient (Wildman–Crippen LogP) is 4.98. The third-order valence-electron chi connectivity index (χ3n) is 5.61. The molecule has 2 aliphatic rings. The minimum Gasteiger partial charge on any atom is -0.493 e. The SMILES string of the molecule is COc1cc(/C=C2\C(=O)NC(=O)N(c3ccc4c(c3)OCO4)C2=O)ccc1OCc1ccc(Cl)cc1Cl. The number of hydrogen-bond acceptors (Lipinski definition) is 7. The molecule has 2 heterocycles. The minimum absolute atomic E-state index is 0.0385. The van der Waals surface area contributed by atoms with Crippen LogP contribution in [0.25, 0.3) is 6.08 Å². The molecule has 0 radical (unpaired) electrons. The van der Waals surface area contributed by atoms with Crippen molar-refractivity contribution in [3.8, 4) is 23.0 Å². The van der Waals surface area contributed by atoms with Crippen molar-refractivity contribution >= 4 is 52.8 Å². The Kier molecular flexibility index (Phi) is 6.64. The van der Waals surface area contributed by atoms with Gasteiger partial charge in [0.05, 0.1) is 12.8 Å². The molecule has 0 saturated carbocycles. The summed E-state index contributed by atoms with van der Waals surface area (Å²) in [6.07, 6.45) is 1.37. The van der Waals surface area contributed by atoms with Crippen LogP contribution < -0.4 is 29.2 Å². The van der Waals surface area contributed by atoms with Gasteiger partial charge in [-0.15, -0.1) is 0 Å². The molecule has 0 bridgehead atoms. The molecule has 1 fully saturated rings. The molecule has 1 saturated heterocycles. The lowest BCUT2D eigenvalue weighted by atomic mass is 10.1. The van der Waals surface area contributed by atoms with E-state index in [1.807, 2.05) is 0 Å². The van der Waals surface area contributed by atoms with Crippen LogP contribution in [0.3, 0.4) is 0 Å². The zero-order valence-electron chi connectivity index (χ0n) is 19.2. The van der Waals surface area contributed by atoms with Crippen LogP contribution in [0.4, 0.5) is 10.5 Å². The molecule has 3 aromatic rings. The fourth-order valence-corrected chi connectivity index (χ4v) is 4.23. The van der Waals surface area contributed by atoms with Crippen LogP contribution in [0.15, 0.2) is 60.2 Å². The highest BCUT2D eigenvalue weighted by Crippen LogP contribution is 2.37. The van der Waals surface area contributed by atoms with E-state index in [4.69, 9.17) is 42.1 Å². The molecular formula is C26H18Cl2N2O7. The van der Waals surface area contributed by atoms with Crippen molar-refractivity contribution in [2.75, 3.05) is 18.8 Å². The van der Waals surface area contributed by atoms with Crippen LogP contribution in [0, 0.1) is 0 Å². The monoisotopic (exact) mass is 540 g/mol. The standard InChI is InChI=1S/C26H18Cl2N2O7/c1-34-22-9-14(2-6-20(22)35-12-15-3-4-16(27)10-19(15)28)8-18-24(31)29-26(33)30(25(18)32)17-5-7-21-23(11-17)37-13-36-21/h2-11H,12-13H2,1H3,(H,29,31,33)/b18-8+. The van der Waals surface area contributed by atoms with Crippen molar-refractivity contribution in [3.05, 3.63) is 81.3 Å². The summed E-state index contributed by atoms with van der Waals surface area (Å²) >= 11 is 12.1. The number of carbonyl (C=O) groups excluding carboxylic acids is 3. The summed E-state index contributed by atoms with van der Waals surface area (Å²) in [5.74, 6) is 0.0703. The van der Waals surface area contributed by atoms with Crippen molar-refractivity contribution in [2.45, 2.75) is 6.61 Å². The number of rotatable bonds is 6. The first kappa shape index (κ1) is 24.5. The van der Waals surface area contributed by atoms with Crippen molar-refractivity contribution in [3.63, 3.8) is 0 Å². The number of urea groups is 1. The molecule has 2 aliphatic heterocycles. The number of fused-ring (bicyclic) bond motifs is 1. The molecule has 1 N–H and O–H groups in total. The molecule has 3 aromatic carbocycles. The molecule has 11 heteroatoms. The second kappa shape index (κ2) is 10.0. The normalized spacial score (nSPS) is 15.7. The number of barbiturate groups is 1. The number of ether oxygens (including phenoxy) is 4. The Hall–Kier alpha value is -4.21. The maximum absolute atomic E-state index is 13.2. The average Bonchev–Trinajstić information content (AvgIpc) is 3.34. The van der Waals surface area contributed by atoms with Crippen LogP contribution >= 0.6 is 23.2 Å². The highest BCUT2D eigenvalue weighted by molar-refractivity contribution is 6.39. The summed E-state index contributed by atoms with van der Waals surface area (Å²) in [6.45, 7) is 0.205. The van der Waals surface area contributed by atoms with Gasteiger partial charge < -0.3 is 18.9 Å². The van der Waals surface area contributed by atoms with Gasteiger partial charge in [-0.25, -0.2) is 9.69 Å². The number of halogens is 2. The van der Waals surface area contributed by atoms with Crippen LogP contribution in [0.5, 0.6) is 23.0 Å². The van der Waals surface area contributed by atoms with E-state index in [9.17, 15) is 14.4 Å². The maximum atomic E-state index is 13.2. The number of nitrogens with one attached hydrogen (secondary N) is 1. The van der Waals surface area contributed by atoms with Crippen LogP contribution in [-0.4, -0.2) is 31.7 Å². The van der Waals surface area contributed by atoms with Gasteiger partial charge in [0.2, 0.25) is 6.79 Å². The first-order chi connectivity index (χ1) is 17.8. The summed E-state index contributed by atoms with van der Waals surface area (Å²) < 4.78 is 21.9. The Bertz CT molecular complexity index is 1470. The van der Waals surface area contributed by atoms with Gasteiger partial charge in [0, 0.05) is 21.7 Å². The molecule has 0 unspecified atom stereocenters. The first-order valence-electron chi connectivity index (χ1n) is 10.9. The van der Waals surface area contributed by atoms with Crippen molar-refractivity contribution < 1.29 is 33.3 Å². The Balaban J connectivity index is 1.39. The molecule has 37 heavy (non-hydrogen) atoms. The molecule has 5 rings (SSSR count). The second-order valence-electron chi connectivity index (χ2n) is 7.93. The molecule has 0 aliphatic carbocycles. The highest BCUT2D eigenvalue weighted by atomic mass is 35.5. The van der Waals surface area contributed by atoms with Gasteiger partial charge in [0.15, 0.2) is 23.0 Å². The number of carbonyl (C=O) groups is 3. The van der Waals surface area contributed by atoms with Crippen molar-refractivity contribution in [1.82, 2.24) is 5.32 Å². The molecular weight excluding hydrogens is 523 g/mol. The smallest absolute Gasteiger partial charge is 0.335 e. The van der Waals surface area contributed by atoms with E-state index in [1.165, 1.54) is 25.3 Å². The lowest BCUT2D eigenvalue weighted by Gasteiger charge is -2.26. The summed E-state index contributed by atoms with van der Waals surface area (Å²) in [7, 11) is 1.47. The molecule has 0 spiro atoms. The summed E-state index contributed by atoms with van der Waals surface area (Å²) in [4.78, 5) is 39.1. The minimum atomic E-state index is -0.867. The topological polar surface area (TPSA) is 103 Å². The Morgan fingerprint density at radius 3 is 2.57 bits per heavy atom. The van der Waals surface area contributed by atoms with Crippen LogP contribution in [0.1, 0.15) is 11.1 Å². The zero-order valence-corrected chi connectivity index (χ0v) is 20.8. The van der Waals surface area contributed by atoms with Gasteiger partial charge >= 0.3 is 6.03 Å². The Morgan fingerprint density at radius 1 is 0.973 bits per heavy atom. The van der Waals surface area contributed by atoms with E-state index in [2.05, 4.69) is 5.32 Å². The number of imide groups is 2.